The number of carbonyl (C=O) groups excluding carboxylic acids is 1. The maximum Gasteiger partial charge on any atom is 0.270 e. The molecule has 1 aliphatic heterocycles. The first-order valence-electron chi connectivity index (χ1n) is 5.91. The lowest BCUT2D eigenvalue weighted by Crippen LogP contribution is -2.40. The maximum absolute atomic E-state index is 12.1. The molecule has 1 unspecified atom stereocenters. The van der Waals surface area contributed by atoms with E-state index in [4.69, 9.17) is 14.7 Å². The minimum absolute atomic E-state index is 0.110. The van der Waals surface area contributed by atoms with Crippen LogP contribution in [0.3, 0.4) is 0 Å². The van der Waals surface area contributed by atoms with E-state index in [2.05, 4.69) is 15.5 Å². The van der Waals surface area contributed by atoms with E-state index in [1.54, 1.807) is 18.2 Å². The average molecular weight is 270 g/mol. The first kappa shape index (κ1) is 12.0. The van der Waals surface area contributed by atoms with Crippen molar-refractivity contribution < 1.29 is 14.3 Å². The number of nitrogens with one attached hydrogen (secondary N) is 2. The number of rotatable bonds is 2. The summed E-state index contributed by atoms with van der Waals surface area (Å²) in [6.45, 7) is 0.110. The van der Waals surface area contributed by atoms with Gasteiger partial charge in [0.2, 0.25) is 6.10 Å². The van der Waals surface area contributed by atoms with Crippen molar-refractivity contribution in [3.63, 3.8) is 0 Å². The predicted molar refractivity (Wildman–Crippen MR) is 68.3 cm³/mol. The molecule has 1 aliphatic rings. The van der Waals surface area contributed by atoms with Crippen LogP contribution in [0.1, 0.15) is 5.56 Å². The molecule has 3 rings (SSSR count). The van der Waals surface area contributed by atoms with Gasteiger partial charge in [0.25, 0.3) is 5.91 Å². The molecule has 0 aliphatic carbocycles. The standard InChI is InChI=1S/C13H10N4O3/c14-5-8-6-15-17-12(8)16-13(18)11-7-19-9-3-1-2-4-10(9)20-11/h1-4,6,11H,7H2,(H2,15,16,17,18). The summed E-state index contributed by atoms with van der Waals surface area (Å²) in [5.74, 6) is 0.972. The van der Waals surface area contributed by atoms with Crippen LogP contribution in [0.5, 0.6) is 11.5 Å². The summed E-state index contributed by atoms with van der Waals surface area (Å²) in [6.07, 6.45) is 0.558. The third kappa shape index (κ3) is 2.14. The number of hydrogen-bond donors (Lipinski definition) is 2. The maximum atomic E-state index is 12.1. The van der Waals surface area contributed by atoms with Gasteiger partial charge in [-0.2, -0.15) is 10.4 Å². The average Bonchev–Trinajstić information content (AvgIpc) is 2.94. The number of aromatic nitrogens is 2. The van der Waals surface area contributed by atoms with Crippen LogP contribution in [0.25, 0.3) is 0 Å². The van der Waals surface area contributed by atoms with Crippen molar-refractivity contribution >= 4 is 11.7 Å². The molecule has 0 saturated heterocycles. The van der Waals surface area contributed by atoms with Gasteiger partial charge in [-0.05, 0) is 12.1 Å². The van der Waals surface area contributed by atoms with E-state index < -0.39 is 12.0 Å². The van der Waals surface area contributed by atoms with Crippen LogP contribution >= 0.6 is 0 Å². The number of carbonyl (C=O) groups is 1. The first-order valence-corrected chi connectivity index (χ1v) is 5.91. The van der Waals surface area contributed by atoms with Crippen LogP contribution in [0.4, 0.5) is 5.82 Å². The normalized spacial score (nSPS) is 16.2. The Kier molecular flexibility index (Phi) is 2.97. The molecule has 2 heterocycles. The van der Waals surface area contributed by atoms with Gasteiger partial charge in [-0.25, -0.2) is 0 Å². The predicted octanol–water partition coefficient (Wildman–Crippen LogP) is 1.06. The number of amides is 1. The molecule has 1 aromatic carbocycles. The summed E-state index contributed by atoms with van der Waals surface area (Å²) in [5, 5.41) is 17.6. The molecule has 7 heteroatoms. The zero-order chi connectivity index (χ0) is 13.9. The van der Waals surface area contributed by atoms with Gasteiger partial charge in [0.1, 0.15) is 24.1 Å². The van der Waals surface area contributed by atoms with Crippen LogP contribution < -0.4 is 14.8 Å². The van der Waals surface area contributed by atoms with Gasteiger partial charge in [0.15, 0.2) is 11.5 Å². The summed E-state index contributed by atoms with van der Waals surface area (Å²) in [4.78, 5) is 12.1. The molecule has 0 spiro atoms. The summed E-state index contributed by atoms with van der Waals surface area (Å²) >= 11 is 0. The highest BCUT2D eigenvalue weighted by Crippen LogP contribution is 2.31. The Hall–Kier alpha value is -3.01. The Morgan fingerprint density at radius 1 is 1.45 bits per heavy atom. The van der Waals surface area contributed by atoms with Gasteiger partial charge in [-0.1, -0.05) is 12.1 Å². The van der Waals surface area contributed by atoms with Crippen LogP contribution in [-0.4, -0.2) is 28.8 Å². The van der Waals surface area contributed by atoms with E-state index in [1.807, 2.05) is 12.1 Å². The number of nitriles is 1. The molecule has 0 saturated carbocycles. The number of anilines is 1. The largest absolute Gasteiger partial charge is 0.485 e. The zero-order valence-corrected chi connectivity index (χ0v) is 10.3. The molecule has 1 amide bonds. The Bertz CT molecular complexity index is 689. The van der Waals surface area contributed by atoms with E-state index in [0.29, 0.717) is 11.5 Å². The van der Waals surface area contributed by atoms with Crippen molar-refractivity contribution in [1.82, 2.24) is 10.2 Å². The van der Waals surface area contributed by atoms with E-state index >= 15 is 0 Å². The van der Waals surface area contributed by atoms with E-state index in [0.717, 1.165) is 0 Å². The van der Waals surface area contributed by atoms with Gasteiger partial charge in [-0.3, -0.25) is 9.89 Å². The number of fused-ring (bicyclic) bond motifs is 1. The lowest BCUT2D eigenvalue weighted by atomic mass is 10.2. The Morgan fingerprint density at radius 3 is 3.05 bits per heavy atom. The van der Waals surface area contributed by atoms with Crippen molar-refractivity contribution in [3.8, 4) is 17.6 Å². The van der Waals surface area contributed by atoms with Crippen LogP contribution in [-0.2, 0) is 4.79 Å². The summed E-state index contributed by atoms with van der Waals surface area (Å²) in [7, 11) is 0. The second kappa shape index (κ2) is 4.93. The van der Waals surface area contributed by atoms with Gasteiger partial charge in [0, 0.05) is 0 Å². The highest BCUT2D eigenvalue weighted by atomic mass is 16.6. The second-order valence-electron chi connectivity index (χ2n) is 4.12. The number of H-pyrrole nitrogens is 1. The third-order valence-corrected chi connectivity index (χ3v) is 2.81. The summed E-state index contributed by atoms with van der Waals surface area (Å²) < 4.78 is 11.0. The smallest absolute Gasteiger partial charge is 0.270 e. The van der Waals surface area contributed by atoms with Gasteiger partial charge >= 0.3 is 0 Å². The Morgan fingerprint density at radius 2 is 2.25 bits per heavy atom. The zero-order valence-electron chi connectivity index (χ0n) is 10.3. The van der Waals surface area contributed by atoms with Gasteiger partial charge < -0.3 is 14.8 Å². The van der Waals surface area contributed by atoms with E-state index in [1.165, 1.54) is 6.20 Å². The van der Waals surface area contributed by atoms with Crippen molar-refractivity contribution in [2.45, 2.75) is 6.10 Å². The molecule has 1 aromatic heterocycles. The molecule has 20 heavy (non-hydrogen) atoms. The lowest BCUT2D eigenvalue weighted by molar-refractivity contribution is -0.125. The van der Waals surface area contributed by atoms with Crippen LogP contribution in [0.2, 0.25) is 0 Å². The quantitative estimate of drug-likeness (QED) is 0.849. The molecule has 0 bridgehead atoms. The Balaban J connectivity index is 1.72. The fourth-order valence-corrected chi connectivity index (χ4v) is 1.82. The second-order valence-corrected chi connectivity index (χ2v) is 4.12. The van der Waals surface area contributed by atoms with E-state index in [-0.39, 0.29) is 18.0 Å². The molecule has 0 fully saturated rings. The highest BCUT2D eigenvalue weighted by molar-refractivity contribution is 5.94. The number of hydrogen-bond acceptors (Lipinski definition) is 5. The number of aromatic amines is 1. The molecule has 2 aromatic rings. The number of nitrogens with zero attached hydrogens (tertiary/aromatic N) is 2. The SMILES string of the molecule is N#Cc1cn[nH]c1NC(=O)C1COc2ccccc2O1. The van der Waals surface area contributed by atoms with Crippen molar-refractivity contribution in [2.75, 3.05) is 11.9 Å². The first-order chi connectivity index (χ1) is 9.78. The number of para-hydroxylation sites is 2. The topological polar surface area (TPSA) is 100 Å². The van der Waals surface area contributed by atoms with Crippen LogP contribution in [0, 0.1) is 11.3 Å². The fraction of sp³-hybridized carbons (Fsp3) is 0.154. The molecular formula is C13H10N4O3. The molecule has 2 N–H and O–H groups in total. The molecule has 1 atom stereocenters. The van der Waals surface area contributed by atoms with Crippen molar-refractivity contribution in [2.24, 2.45) is 0 Å². The van der Waals surface area contributed by atoms with Crippen molar-refractivity contribution in [3.05, 3.63) is 36.0 Å². The fourth-order valence-electron chi connectivity index (χ4n) is 1.82. The van der Waals surface area contributed by atoms with Gasteiger partial charge in [-0.15, -0.1) is 0 Å². The highest BCUT2D eigenvalue weighted by Gasteiger charge is 2.28. The van der Waals surface area contributed by atoms with E-state index in [9.17, 15) is 4.79 Å². The lowest BCUT2D eigenvalue weighted by Gasteiger charge is -2.25. The van der Waals surface area contributed by atoms with Crippen LogP contribution in [0.15, 0.2) is 30.5 Å². The van der Waals surface area contributed by atoms with Crippen molar-refractivity contribution in [1.29, 1.82) is 5.26 Å². The summed E-state index contributed by atoms with van der Waals surface area (Å²) in [6, 6.07) is 9.04. The molecular weight excluding hydrogens is 260 g/mol. The number of ether oxygens (including phenoxy) is 2. The minimum Gasteiger partial charge on any atom is -0.485 e. The monoisotopic (exact) mass is 270 g/mol. The summed E-state index contributed by atoms with van der Waals surface area (Å²) in [5.41, 5.74) is 0.260. The minimum atomic E-state index is -0.778. The molecule has 100 valence electrons. The van der Waals surface area contributed by atoms with Gasteiger partial charge in [0.05, 0.1) is 6.20 Å². The molecule has 7 nitrogen and oxygen atoms in total. The third-order valence-electron chi connectivity index (χ3n) is 2.81. The number of benzene rings is 1. The Labute approximate surface area is 114 Å². The molecule has 0 radical (unpaired) electrons.